The third-order valence-corrected chi connectivity index (χ3v) is 7.69. The van der Waals surface area contributed by atoms with Crippen molar-refractivity contribution in [2.45, 2.75) is 56.3 Å². The second kappa shape index (κ2) is 10.7. The van der Waals surface area contributed by atoms with Crippen molar-refractivity contribution in [3.63, 3.8) is 0 Å². The van der Waals surface area contributed by atoms with Crippen molar-refractivity contribution in [3.05, 3.63) is 29.8 Å². The number of hydrazine groups is 1. The van der Waals surface area contributed by atoms with Crippen LogP contribution in [0.1, 0.15) is 61.7 Å². The monoisotopic (exact) mass is 450 g/mol. The van der Waals surface area contributed by atoms with Gasteiger partial charge in [-0.15, -0.1) is 0 Å². The van der Waals surface area contributed by atoms with E-state index in [1.165, 1.54) is 35.0 Å². The van der Waals surface area contributed by atoms with Gasteiger partial charge in [0.25, 0.3) is 11.8 Å². The molecule has 1 aromatic rings. The van der Waals surface area contributed by atoms with Gasteiger partial charge >= 0.3 is 0 Å². The zero-order valence-corrected chi connectivity index (χ0v) is 18.4. The quantitative estimate of drug-likeness (QED) is 0.541. The van der Waals surface area contributed by atoms with Gasteiger partial charge in [-0.2, -0.15) is 4.31 Å². The fourth-order valence-electron chi connectivity index (χ4n) is 4.00. The van der Waals surface area contributed by atoms with Crippen LogP contribution in [-0.4, -0.2) is 50.1 Å². The number of benzene rings is 1. The molecular formula is C21H30N4O5S. The summed E-state index contributed by atoms with van der Waals surface area (Å²) in [5.41, 5.74) is 4.73. The number of nitrogens with zero attached hydrogens (tertiary/aromatic N) is 1. The summed E-state index contributed by atoms with van der Waals surface area (Å²) in [5.74, 6) is -0.900. The topological polar surface area (TPSA) is 125 Å². The molecule has 3 amide bonds. The first-order valence-electron chi connectivity index (χ1n) is 10.8. The molecule has 1 saturated heterocycles. The Labute approximate surface area is 183 Å². The van der Waals surface area contributed by atoms with Crippen molar-refractivity contribution in [1.29, 1.82) is 0 Å². The maximum absolute atomic E-state index is 12.5. The predicted octanol–water partition coefficient (Wildman–Crippen LogP) is 1.32. The normalized spacial score (nSPS) is 17.8. The highest BCUT2D eigenvalue weighted by molar-refractivity contribution is 7.89. The highest BCUT2D eigenvalue weighted by atomic mass is 32.2. The molecule has 10 heteroatoms. The van der Waals surface area contributed by atoms with Gasteiger partial charge in [0.1, 0.15) is 0 Å². The molecule has 0 atom stereocenters. The number of carbonyl (C=O) groups is 3. The molecular weight excluding hydrogens is 420 g/mol. The summed E-state index contributed by atoms with van der Waals surface area (Å²) in [6.45, 7) is 0.792. The van der Waals surface area contributed by atoms with Gasteiger partial charge < -0.3 is 5.32 Å². The number of hydrogen-bond acceptors (Lipinski definition) is 5. The maximum atomic E-state index is 12.5. The molecule has 1 aromatic carbocycles. The third kappa shape index (κ3) is 6.51. The summed E-state index contributed by atoms with van der Waals surface area (Å²) in [7, 11) is -3.54. The minimum absolute atomic E-state index is 0.135. The second-order valence-electron chi connectivity index (χ2n) is 8.12. The molecule has 0 unspecified atom stereocenters. The molecule has 1 saturated carbocycles. The first kappa shape index (κ1) is 23.2. The standard InChI is InChI=1S/C21H30N4O5S/c26-19(14-16-6-2-1-3-7-16)22-15-20(27)23-24-21(28)17-8-10-18(11-9-17)31(29,30)25-12-4-5-13-25/h8-11,16H,1-7,12-15H2,(H,22,26)(H,23,27)(H,24,28). The van der Waals surface area contributed by atoms with Crippen molar-refractivity contribution in [1.82, 2.24) is 20.5 Å². The lowest BCUT2D eigenvalue weighted by Crippen LogP contribution is -2.46. The van der Waals surface area contributed by atoms with Crippen LogP contribution in [0.2, 0.25) is 0 Å². The van der Waals surface area contributed by atoms with Crippen molar-refractivity contribution in [2.24, 2.45) is 5.92 Å². The fraction of sp³-hybridized carbons (Fsp3) is 0.571. The van der Waals surface area contributed by atoms with Gasteiger partial charge in [0, 0.05) is 25.1 Å². The van der Waals surface area contributed by atoms with Crippen LogP contribution in [0.5, 0.6) is 0 Å². The van der Waals surface area contributed by atoms with Crippen LogP contribution in [0.25, 0.3) is 0 Å². The van der Waals surface area contributed by atoms with E-state index in [1.807, 2.05) is 0 Å². The van der Waals surface area contributed by atoms with Gasteiger partial charge in [0.2, 0.25) is 15.9 Å². The van der Waals surface area contributed by atoms with E-state index in [9.17, 15) is 22.8 Å². The van der Waals surface area contributed by atoms with E-state index < -0.39 is 21.8 Å². The Balaban J connectivity index is 1.41. The van der Waals surface area contributed by atoms with E-state index in [-0.39, 0.29) is 22.9 Å². The maximum Gasteiger partial charge on any atom is 0.269 e. The molecule has 2 fully saturated rings. The Morgan fingerprint density at radius 1 is 0.871 bits per heavy atom. The van der Waals surface area contributed by atoms with Gasteiger partial charge in [-0.05, 0) is 55.9 Å². The van der Waals surface area contributed by atoms with E-state index in [2.05, 4.69) is 16.2 Å². The second-order valence-corrected chi connectivity index (χ2v) is 10.1. The third-order valence-electron chi connectivity index (χ3n) is 5.78. The lowest BCUT2D eigenvalue weighted by molar-refractivity contribution is -0.127. The van der Waals surface area contributed by atoms with Gasteiger partial charge in [-0.1, -0.05) is 19.3 Å². The Bertz CT molecular complexity index is 889. The average molecular weight is 451 g/mol. The molecule has 1 aliphatic heterocycles. The van der Waals surface area contributed by atoms with Crippen LogP contribution < -0.4 is 16.2 Å². The smallest absolute Gasteiger partial charge is 0.269 e. The van der Waals surface area contributed by atoms with Gasteiger partial charge in [0.05, 0.1) is 11.4 Å². The van der Waals surface area contributed by atoms with Crippen molar-refractivity contribution < 1.29 is 22.8 Å². The van der Waals surface area contributed by atoms with Crippen molar-refractivity contribution in [2.75, 3.05) is 19.6 Å². The van der Waals surface area contributed by atoms with E-state index in [0.717, 1.165) is 38.5 Å². The van der Waals surface area contributed by atoms with E-state index >= 15 is 0 Å². The molecule has 9 nitrogen and oxygen atoms in total. The Kier molecular flexibility index (Phi) is 8.03. The molecule has 0 bridgehead atoms. The molecule has 2 aliphatic rings. The van der Waals surface area contributed by atoms with Crippen LogP contribution in [-0.2, 0) is 19.6 Å². The largest absolute Gasteiger partial charge is 0.347 e. The van der Waals surface area contributed by atoms with Gasteiger partial charge in [-0.25, -0.2) is 8.42 Å². The molecule has 0 aromatic heterocycles. The minimum atomic E-state index is -3.54. The SMILES string of the molecule is O=C(CC1CCCCC1)NCC(=O)NNC(=O)c1ccc(S(=O)(=O)N2CCCC2)cc1. The van der Waals surface area contributed by atoms with Gasteiger partial charge in [0.15, 0.2) is 0 Å². The molecule has 3 rings (SSSR count). The van der Waals surface area contributed by atoms with E-state index in [0.29, 0.717) is 25.4 Å². The molecule has 0 radical (unpaired) electrons. The summed E-state index contributed by atoms with van der Waals surface area (Å²) >= 11 is 0. The fourth-order valence-corrected chi connectivity index (χ4v) is 5.52. The molecule has 0 spiro atoms. The number of rotatable bonds is 7. The van der Waals surface area contributed by atoms with Crippen LogP contribution >= 0.6 is 0 Å². The molecule has 31 heavy (non-hydrogen) atoms. The van der Waals surface area contributed by atoms with Gasteiger partial charge in [-0.3, -0.25) is 25.2 Å². The highest BCUT2D eigenvalue weighted by Crippen LogP contribution is 2.26. The predicted molar refractivity (Wildman–Crippen MR) is 114 cm³/mol. The first-order chi connectivity index (χ1) is 14.9. The van der Waals surface area contributed by atoms with E-state index in [1.54, 1.807) is 0 Å². The average Bonchev–Trinajstić information content (AvgIpc) is 3.33. The summed E-state index contributed by atoms with van der Waals surface area (Å²) in [4.78, 5) is 36.2. The van der Waals surface area contributed by atoms with Crippen LogP contribution in [0.4, 0.5) is 0 Å². The van der Waals surface area contributed by atoms with Crippen LogP contribution in [0.3, 0.4) is 0 Å². The number of amides is 3. The number of hydrogen-bond donors (Lipinski definition) is 3. The van der Waals surface area contributed by atoms with Crippen molar-refractivity contribution >= 4 is 27.7 Å². The van der Waals surface area contributed by atoms with Crippen LogP contribution in [0, 0.1) is 5.92 Å². The highest BCUT2D eigenvalue weighted by Gasteiger charge is 2.27. The summed E-state index contributed by atoms with van der Waals surface area (Å²) in [6.07, 6.45) is 7.73. The zero-order valence-electron chi connectivity index (χ0n) is 17.6. The Morgan fingerprint density at radius 3 is 2.16 bits per heavy atom. The number of nitrogens with one attached hydrogen (secondary N) is 3. The summed E-state index contributed by atoms with van der Waals surface area (Å²) in [6, 6.07) is 5.57. The number of carbonyl (C=O) groups excluding carboxylic acids is 3. The molecule has 1 aliphatic carbocycles. The Morgan fingerprint density at radius 2 is 1.52 bits per heavy atom. The molecule has 1 heterocycles. The summed E-state index contributed by atoms with van der Waals surface area (Å²) in [5, 5.41) is 2.57. The molecule has 170 valence electrons. The molecule has 3 N–H and O–H groups in total. The first-order valence-corrected chi connectivity index (χ1v) is 12.3. The lowest BCUT2D eigenvalue weighted by Gasteiger charge is -2.20. The number of sulfonamides is 1. The minimum Gasteiger partial charge on any atom is -0.347 e. The lowest BCUT2D eigenvalue weighted by atomic mass is 9.87. The van der Waals surface area contributed by atoms with E-state index in [4.69, 9.17) is 0 Å². The summed E-state index contributed by atoms with van der Waals surface area (Å²) < 4.78 is 26.5. The Hall–Kier alpha value is -2.46. The zero-order chi connectivity index (χ0) is 22.3. The van der Waals surface area contributed by atoms with Crippen molar-refractivity contribution in [3.8, 4) is 0 Å². The van der Waals surface area contributed by atoms with Crippen LogP contribution in [0.15, 0.2) is 29.2 Å².